The standard InChI is InChI=1S/C15H30N2O3/c1-7-10(2)11(3)16-14(20)17-12(8-13(18)19)9-15(4,5)6/h10-12H,7-9H2,1-6H3,(H,18,19)(H2,16,17,20). The van der Waals surface area contributed by atoms with E-state index in [-0.39, 0.29) is 30.0 Å². The molecule has 0 spiro atoms. The number of rotatable bonds is 7. The molecule has 0 aliphatic rings. The minimum atomic E-state index is -0.894. The molecule has 0 saturated heterocycles. The average Bonchev–Trinajstić information content (AvgIpc) is 2.23. The summed E-state index contributed by atoms with van der Waals surface area (Å²) in [6, 6.07) is -0.565. The van der Waals surface area contributed by atoms with Gasteiger partial charge in [0.05, 0.1) is 6.42 Å². The molecule has 0 radical (unpaired) electrons. The van der Waals surface area contributed by atoms with Crippen molar-refractivity contribution in [2.45, 2.75) is 72.9 Å². The van der Waals surface area contributed by atoms with Gasteiger partial charge in [-0.05, 0) is 24.7 Å². The van der Waals surface area contributed by atoms with Crippen LogP contribution in [0.25, 0.3) is 0 Å². The predicted octanol–water partition coefficient (Wildman–Crippen LogP) is 3.00. The second-order valence-electron chi connectivity index (χ2n) is 6.85. The van der Waals surface area contributed by atoms with E-state index in [2.05, 4.69) is 24.5 Å². The lowest BCUT2D eigenvalue weighted by Crippen LogP contribution is -2.48. The first-order chi connectivity index (χ1) is 9.05. The van der Waals surface area contributed by atoms with Crippen LogP contribution in [-0.4, -0.2) is 29.2 Å². The van der Waals surface area contributed by atoms with Crippen LogP contribution in [0.15, 0.2) is 0 Å². The first-order valence-electron chi connectivity index (χ1n) is 7.34. The van der Waals surface area contributed by atoms with Gasteiger partial charge in [-0.15, -0.1) is 0 Å². The Bertz CT molecular complexity index is 324. The third-order valence-electron chi connectivity index (χ3n) is 3.47. The van der Waals surface area contributed by atoms with Crippen LogP contribution in [0.3, 0.4) is 0 Å². The molecule has 0 saturated carbocycles. The fourth-order valence-electron chi connectivity index (χ4n) is 2.05. The zero-order chi connectivity index (χ0) is 15.9. The third kappa shape index (κ3) is 8.77. The van der Waals surface area contributed by atoms with Crippen molar-refractivity contribution in [2.75, 3.05) is 0 Å². The predicted molar refractivity (Wildman–Crippen MR) is 80.7 cm³/mol. The van der Waals surface area contributed by atoms with Crippen LogP contribution in [0.2, 0.25) is 0 Å². The Hall–Kier alpha value is -1.26. The van der Waals surface area contributed by atoms with Crippen LogP contribution in [0, 0.1) is 11.3 Å². The van der Waals surface area contributed by atoms with Gasteiger partial charge in [-0.1, -0.05) is 41.0 Å². The molecule has 0 aromatic carbocycles. The normalized spacial score (nSPS) is 16.1. The van der Waals surface area contributed by atoms with E-state index in [1.807, 2.05) is 27.7 Å². The highest BCUT2D eigenvalue weighted by atomic mass is 16.4. The number of hydrogen-bond donors (Lipinski definition) is 3. The summed E-state index contributed by atoms with van der Waals surface area (Å²) in [5.74, 6) is -0.504. The lowest BCUT2D eigenvalue weighted by molar-refractivity contribution is -0.137. The van der Waals surface area contributed by atoms with Crippen molar-refractivity contribution in [1.29, 1.82) is 0 Å². The summed E-state index contributed by atoms with van der Waals surface area (Å²) in [6.45, 7) is 12.2. The zero-order valence-corrected chi connectivity index (χ0v) is 13.6. The minimum Gasteiger partial charge on any atom is -0.481 e. The van der Waals surface area contributed by atoms with Crippen molar-refractivity contribution in [3.63, 3.8) is 0 Å². The molecule has 20 heavy (non-hydrogen) atoms. The Morgan fingerprint density at radius 2 is 1.70 bits per heavy atom. The number of aliphatic carboxylic acids is 1. The lowest BCUT2D eigenvalue weighted by Gasteiger charge is -2.27. The summed E-state index contributed by atoms with van der Waals surface area (Å²) in [7, 11) is 0. The molecule has 3 N–H and O–H groups in total. The molecule has 3 atom stereocenters. The van der Waals surface area contributed by atoms with Gasteiger partial charge in [-0.2, -0.15) is 0 Å². The smallest absolute Gasteiger partial charge is 0.315 e. The molecule has 0 rings (SSSR count). The maximum atomic E-state index is 11.9. The van der Waals surface area contributed by atoms with E-state index in [1.165, 1.54) is 0 Å². The molecule has 0 aromatic heterocycles. The van der Waals surface area contributed by atoms with E-state index in [1.54, 1.807) is 0 Å². The van der Waals surface area contributed by atoms with Crippen LogP contribution in [0.1, 0.15) is 60.8 Å². The molecule has 0 aliphatic heterocycles. The maximum absolute atomic E-state index is 11.9. The second-order valence-corrected chi connectivity index (χ2v) is 6.85. The molecule has 0 fully saturated rings. The van der Waals surface area contributed by atoms with Crippen molar-refractivity contribution in [1.82, 2.24) is 10.6 Å². The van der Waals surface area contributed by atoms with Gasteiger partial charge in [-0.25, -0.2) is 4.79 Å². The number of carbonyl (C=O) groups is 2. The number of amides is 2. The first kappa shape index (κ1) is 18.7. The Kier molecular flexibility index (Phi) is 7.61. The SMILES string of the molecule is CCC(C)C(C)NC(=O)NC(CC(=O)O)CC(C)(C)C. The van der Waals surface area contributed by atoms with Gasteiger partial charge in [0.15, 0.2) is 0 Å². The third-order valence-corrected chi connectivity index (χ3v) is 3.47. The van der Waals surface area contributed by atoms with E-state index >= 15 is 0 Å². The topological polar surface area (TPSA) is 78.4 Å². The molecule has 0 aliphatic carbocycles. The summed E-state index contributed by atoms with van der Waals surface area (Å²) in [5.41, 5.74) is -0.0320. The van der Waals surface area contributed by atoms with Gasteiger partial charge < -0.3 is 15.7 Å². The average molecular weight is 286 g/mol. The number of carbonyl (C=O) groups excluding carboxylic acids is 1. The monoisotopic (exact) mass is 286 g/mol. The number of hydrogen-bond acceptors (Lipinski definition) is 2. The number of carboxylic acids is 1. The molecule has 0 aromatic rings. The molecule has 3 unspecified atom stereocenters. The van der Waals surface area contributed by atoms with Crippen molar-refractivity contribution in [3.8, 4) is 0 Å². The van der Waals surface area contributed by atoms with Gasteiger partial charge >= 0.3 is 12.0 Å². The summed E-state index contributed by atoms with van der Waals surface area (Å²) in [4.78, 5) is 22.8. The highest BCUT2D eigenvalue weighted by molar-refractivity contribution is 5.76. The number of carboxylic acid groups (broad SMARTS) is 1. The van der Waals surface area contributed by atoms with Gasteiger partial charge in [0.1, 0.15) is 0 Å². The van der Waals surface area contributed by atoms with Gasteiger partial charge in [0.2, 0.25) is 0 Å². The fourth-order valence-corrected chi connectivity index (χ4v) is 2.05. The highest BCUT2D eigenvalue weighted by Crippen LogP contribution is 2.22. The van der Waals surface area contributed by atoms with Crippen LogP contribution >= 0.6 is 0 Å². The molecule has 5 nitrogen and oxygen atoms in total. The van der Waals surface area contributed by atoms with Crippen LogP contribution < -0.4 is 10.6 Å². The lowest BCUT2D eigenvalue weighted by atomic mass is 9.87. The van der Waals surface area contributed by atoms with Gasteiger partial charge in [0.25, 0.3) is 0 Å². The summed E-state index contributed by atoms with van der Waals surface area (Å²) in [6.07, 6.45) is 1.56. The van der Waals surface area contributed by atoms with Gasteiger partial charge in [-0.3, -0.25) is 4.79 Å². The molecular weight excluding hydrogens is 256 g/mol. The zero-order valence-electron chi connectivity index (χ0n) is 13.6. The Balaban J connectivity index is 4.49. The summed E-state index contributed by atoms with van der Waals surface area (Å²) < 4.78 is 0. The van der Waals surface area contributed by atoms with E-state index < -0.39 is 5.97 Å². The summed E-state index contributed by atoms with van der Waals surface area (Å²) in [5, 5.41) is 14.6. The Morgan fingerprint density at radius 3 is 2.10 bits per heavy atom. The molecule has 5 heteroatoms. The molecule has 0 bridgehead atoms. The van der Waals surface area contributed by atoms with E-state index in [0.29, 0.717) is 12.3 Å². The maximum Gasteiger partial charge on any atom is 0.315 e. The largest absolute Gasteiger partial charge is 0.481 e. The highest BCUT2D eigenvalue weighted by Gasteiger charge is 2.23. The van der Waals surface area contributed by atoms with Crippen molar-refractivity contribution in [3.05, 3.63) is 0 Å². The van der Waals surface area contributed by atoms with Crippen molar-refractivity contribution in [2.24, 2.45) is 11.3 Å². The number of urea groups is 1. The Morgan fingerprint density at radius 1 is 1.15 bits per heavy atom. The Labute approximate surface area is 122 Å². The first-order valence-corrected chi connectivity index (χ1v) is 7.34. The van der Waals surface area contributed by atoms with Crippen LogP contribution in [-0.2, 0) is 4.79 Å². The molecule has 2 amide bonds. The van der Waals surface area contributed by atoms with Crippen LogP contribution in [0.4, 0.5) is 4.79 Å². The fraction of sp³-hybridized carbons (Fsp3) is 0.867. The van der Waals surface area contributed by atoms with E-state index in [9.17, 15) is 9.59 Å². The van der Waals surface area contributed by atoms with Crippen molar-refractivity contribution < 1.29 is 14.7 Å². The molecule has 0 heterocycles. The minimum absolute atomic E-state index is 0.0320. The van der Waals surface area contributed by atoms with E-state index in [0.717, 1.165) is 6.42 Å². The number of nitrogens with one attached hydrogen (secondary N) is 2. The van der Waals surface area contributed by atoms with Crippen molar-refractivity contribution >= 4 is 12.0 Å². The van der Waals surface area contributed by atoms with Gasteiger partial charge in [0, 0.05) is 12.1 Å². The summed E-state index contributed by atoms with van der Waals surface area (Å²) >= 11 is 0. The molecule has 118 valence electrons. The van der Waals surface area contributed by atoms with E-state index in [4.69, 9.17) is 5.11 Å². The second kappa shape index (κ2) is 8.12. The van der Waals surface area contributed by atoms with Crippen LogP contribution in [0.5, 0.6) is 0 Å². The molecular formula is C15H30N2O3. The quantitative estimate of drug-likeness (QED) is 0.673.